The van der Waals surface area contributed by atoms with E-state index in [-0.39, 0.29) is 0 Å². The monoisotopic (exact) mass is 262 g/mol. The van der Waals surface area contributed by atoms with Gasteiger partial charge in [-0.05, 0) is 31.4 Å². The standard InChI is InChI=1S/C13H14N2O2S/c1-3-14-7-8-15(13(17)12(14)16)10-5-4-6-11(9-10)18-2/h4-9H,3H2,1-2H3. The first-order valence-corrected chi connectivity index (χ1v) is 6.86. The van der Waals surface area contributed by atoms with Crippen molar-refractivity contribution < 1.29 is 0 Å². The fraction of sp³-hybridized carbons (Fsp3) is 0.231. The average Bonchev–Trinajstić information content (AvgIpc) is 2.42. The molecule has 0 aliphatic heterocycles. The summed E-state index contributed by atoms with van der Waals surface area (Å²) in [6.07, 6.45) is 5.24. The molecule has 18 heavy (non-hydrogen) atoms. The molecule has 0 saturated carbocycles. The fourth-order valence-electron chi connectivity index (χ4n) is 1.72. The van der Waals surface area contributed by atoms with Crippen molar-refractivity contribution in [2.45, 2.75) is 18.4 Å². The number of hydrogen-bond donors (Lipinski definition) is 0. The summed E-state index contributed by atoms with van der Waals surface area (Å²) >= 11 is 1.60. The van der Waals surface area contributed by atoms with E-state index in [0.717, 1.165) is 4.90 Å². The molecule has 0 N–H and O–H groups in total. The van der Waals surface area contributed by atoms with Crippen molar-refractivity contribution >= 4 is 11.8 Å². The molecule has 0 spiro atoms. The minimum atomic E-state index is -0.516. The van der Waals surface area contributed by atoms with Crippen LogP contribution < -0.4 is 11.1 Å². The van der Waals surface area contributed by atoms with Crippen LogP contribution in [0.4, 0.5) is 0 Å². The quantitative estimate of drug-likeness (QED) is 0.625. The number of thioether (sulfide) groups is 1. The molecule has 94 valence electrons. The van der Waals surface area contributed by atoms with E-state index in [1.165, 1.54) is 9.13 Å². The van der Waals surface area contributed by atoms with Gasteiger partial charge in [0.05, 0.1) is 0 Å². The summed E-state index contributed by atoms with van der Waals surface area (Å²) in [5.41, 5.74) is -0.292. The molecule has 5 heteroatoms. The number of aromatic nitrogens is 2. The van der Waals surface area contributed by atoms with E-state index in [9.17, 15) is 9.59 Å². The van der Waals surface area contributed by atoms with Gasteiger partial charge in [-0.15, -0.1) is 11.8 Å². The third-order valence-corrected chi connectivity index (χ3v) is 3.46. The molecular formula is C13H14N2O2S. The summed E-state index contributed by atoms with van der Waals surface area (Å²) in [5.74, 6) is 0. The molecule has 0 fully saturated rings. The Labute approximate surface area is 109 Å². The molecular weight excluding hydrogens is 248 g/mol. The molecule has 2 aromatic rings. The predicted octanol–water partition coefficient (Wildman–Crippen LogP) is 1.74. The van der Waals surface area contributed by atoms with E-state index in [0.29, 0.717) is 12.2 Å². The van der Waals surface area contributed by atoms with Crippen LogP contribution in [0.1, 0.15) is 6.92 Å². The van der Waals surface area contributed by atoms with Crippen LogP contribution >= 0.6 is 11.8 Å². The molecule has 4 nitrogen and oxygen atoms in total. The lowest BCUT2D eigenvalue weighted by Crippen LogP contribution is -2.39. The van der Waals surface area contributed by atoms with Crippen molar-refractivity contribution in [2.75, 3.05) is 6.26 Å². The lowest BCUT2D eigenvalue weighted by molar-refractivity contribution is 0.692. The Kier molecular flexibility index (Phi) is 3.72. The average molecular weight is 262 g/mol. The molecule has 1 aromatic heterocycles. The van der Waals surface area contributed by atoms with Gasteiger partial charge in [-0.25, -0.2) is 0 Å². The Morgan fingerprint density at radius 2 is 1.94 bits per heavy atom. The molecule has 0 saturated heterocycles. The molecule has 1 heterocycles. The van der Waals surface area contributed by atoms with Crippen LogP contribution in [0.15, 0.2) is 51.1 Å². The van der Waals surface area contributed by atoms with Gasteiger partial charge >= 0.3 is 11.1 Å². The van der Waals surface area contributed by atoms with Crippen molar-refractivity contribution in [1.82, 2.24) is 9.13 Å². The Morgan fingerprint density at radius 3 is 2.61 bits per heavy atom. The van der Waals surface area contributed by atoms with Crippen LogP contribution in [-0.4, -0.2) is 15.4 Å². The molecule has 0 unspecified atom stereocenters. The van der Waals surface area contributed by atoms with Gasteiger partial charge in [0.15, 0.2) is 0 Å². The van der Waals surface area contributed by atoms with E-state index >= 15 is 0 Å². The van der Waals surface area contributed by atoms with Gasteiger partial charge in [-0.2, -0.15) is 0 Å². The highest BCUT2D eigenvalue weighted by Crippen LogP contribution is 2.17. The number of hydrogen-bond acceptors (Lipinski definition) is 3. The number of benzene rings is 1. The van der Waals surface area contributed by atoms with Gasteiger partial charge in [0.1, 0.15) is 0 Å². The second-order valence-corrected chi connectivity index (χ2v) is 4.65. The van der Waals surface area contributed by atoms with Crippen LogP contribution in [0.2, 0.25) is 0 Å². The Morgan fingerprint density at radius 1 is 1.17 bits per heavy atom. The lowest BCUT2D eigenvalue weighted by atomic mass is 10.3. The second-order valence-electron chi connectivity index (χ2n) is 3.77. The largest absolute Gasteiger partial charge is 0.320 e. The van der Waals surface area contributed by atoms with Crippen molar-refractivity contribution in [3.05, 3.63) is 57.4 Å². The summed E-state index contributed by atoms with van der Waals surface area (Å²) < 4.78 is 2.78. The third-order valence-electron chi connectivity index (χ3n) is 2.73. The first-order chi connectivity index (χ1) is 8.67. The van der Waals surface area contributed by atoms with Gasteiger partial charge in [0.2, 0.25) is 0 Å². The smallest absolute Gasteiger partial charge is 0.310 e. The maximum atomic E-state index is 12.0. The van der Waals surface area contributed by atoms with Crippen LogP contribution in [-0.2, 0) is 6.54 Å². The third kappa shape index (κ3) is 2.26. The second kappa shape index (κ2) is 5.27. The summed E-state index contributed by atoms with van der Waals surface area (Å²) in [6, 6.07) is 7.55. The first-order valence-electron chi connectivity index (χ1n) is 5.64. The summed E-state index contributed by atoms with van der Waals surface area (Å²) in [5, 5.41) is 0. The van der Waals surface area contributed by atoms with E-state index < -0.39 is 11.1 Å². The van der Waals surface area contributed by atoms with Crippen molar-refractivity contribution in [1.29, 1.82) is 0 Å². The SMILES string of the molecule is CCn1ccn(-c2cccc(SC)c2)c(=O)c1=O. The topological polar surface area (TPSA) is 44.0 Å². The van der Waals surface area contributed by atoms with Crippen LogP contribution in [0.5, 0.6) is 0 Å². The highest BCUT2D eigenvalue weighted by Gasteiger charge is 2.05. The van der Waals surface area contributed by atoms with Crippen LogP contribution in [0.3, 0.4) is 0 Å². The first kappa shape index (κ1) is 12.7. The Hall–Kier alpha value is -1.75. The zero-order valence-corrected chi connectivity index (χ0v) is 11.1. The van der Waals surface area contributed by atoms with E-state index in [1.54, 1.807) is 24.2 Å². The molecule has 1 aromatic carbocycles. The van der Waals surface area contributed by atoms with Gasteiger partial charge in [-0.3, -0.25) is 14.2 Å². The molecule has 0 radical (unpaired) electrons. The van der Waals surface area contributed by atoms with Gasteiger partial charge < -0.3 is 4.57 Å². The Bertz CT molecular complexity index is 673. The summed E-state index contributed by atoms with van der Waals surface area (Å²) in [6.45, 7) is 2.33. The number of nitrogens with zero attached hydrogens (tertiary/aromatic N) is 2. The maximum Gasteiger partial charge on any atom is 0.320 e. The minimum absolute atomic E-state index is 0.491. The molecule has 0 bridgehead atoms. The highest BCUT2D eigenvalue weighted by molar-refractivity contribution is 7.98. The molecule has 0 aliphatic rings. The van der Waals surface area contributed by atoms with Gasteiger partial charge in [0, 0.05) is 29.5 Å². The molecule has 0 atom stereocenters. The normalized spacial score (nSPS) is 10.6. The zero-order valence-electron chi connectivity index (χ0n) is 10.3. The molecule has 0 aliphatic carbocycles. The highest BCUT2D eigenvalue weighted by atomic mass is 32.2. The van der Waals surface area contributed by atoms with E-state index in [4.69, 9.17) is 0 Å². The summed E-state index contributed by atoms with van der Waals surface area (Å²) in [4.78, 5) is 24.8. The number of rotatable bonds is 3. The lowest BCUT2D eigenvalue weighted by Gasteiger charge is -2.08. The van der Waals surface area contributed by atoms with E-state index in [1.807, 2.05) is 37.4 Å². The van der Waals surface area contributed by atoms with Crippen molar-refractivity contribution in [3.8, 4) is 5.69 Å². The summed E-state index contributed by atoms with van der Waals surface area (Å²) in [7, 11) is 0. The van der Waals surface area contributed by atoms with Gasteiger partial charge in [0.25, 0.3) is 0 Å². The fourth-order valence-corrected chi connectivity index (χ4v) is 2.17. The molecule has 2 rings (SSSR count). The molecule has 0 amide bonds. The Balaban J connectivity index is 2.61. The maximum absolute atomic E-state index is 12.0. The van der Waals surface area contributed by atoms with Crippen LogP contribution in [0.25, 0.3) is 5.69 Å². The number of aryl methyl sites for hydroxylation is 1. The van der Waals surface area contributed by atoms with Crippen molar-refractivity contribution in [2.24, 2.45) is 0 Å². The van der Waals surface area contributed by atoms with Gasteiger partial charge in [-0.1, -0.05) is 6.07 Å². The van der Waals surface area contributed by atoms with E-state index in [2.05, 4.69) is 0 Å². The zero-order chi connectivity index (χ0) is 13.1. The minimum Gasteiger partial charge on any atom is -0.310 e. The van der Waals surface area contributed by atoms with Crippen molar-refractivity contribution in [3.63, 3.8) is 0 Å². The van der Waals surface area contributed by atoms with Crippen LogP contribution in [0, 0.1) is 0 Å². The predicted molar refractivity (Wildman–Crippen MR) is 73.8 cm³/mol.